The molecular weight excluding hydrogens is 356 g/mol. The first-order valence-corrected chi connectivity index (χ1v) is 9.49. The van der Waals surface area contributed by atoms with Gasteiger partial charge in [0.15, 0.2) is 5.17 Å². The summed E-state index contributed by atoms with van der Waals surface area (Å²) < 4.78 is 26.6. The number of aliphatic imine (C=N–C) groups is 1. The SMILES string of the molecule is Cc1cc(C)nc(N=C2SCN2S(=O)(=O)c2ccccc2Cl)n1. The van der Waals surface area contributed by atoms with Crippen molar-refractivity contribution >= 4 is 44.5 Å². The quantitative estimate of drug-likeness (QED) is 0.831. The fourth-order valence-corrected chi connectivity index (χ4v) is 5.19. The third-order valence-electron chi connectivity index (χ3n) is 3.10. The number of amidine groups is 1. The lowest BCUT2D eigenvalue weighted by molar-refractivity contribution is 0.546. The molecule has 0 N–H and O–H groups in total. The monoisotopic (exact) mass is 368 g/mol. The van der Waals surface area contributed by atoms with Crippen molar-refractivity contribution in [2.75, 3.05) is 5.88 Å². The number of sulfonamides is 1. The molecule has 1 aromatic carbocycles. The maximum Gasteiger partial charge on any atom is 0.268 e. The molecule has 120 valence electrons. The molecule has 0 unspecified atom stereocenters. The Balaban J connectivity index is 1.96. The van der Waals surface area contributed by atoms with E-state index >= 15 is 0 Å². The van der Waals surface area contributed by atoms with Crippen LogP contribution in [0.15, 0.2) is 40.2 Å². The van der Waals surface area contributed by atoms with Gasteiger partial charge in [0.05, 0.1) is 10.9 Å². The van der Waals surface area contributed by atoms with Crippen LogP contribution in [0.5, 0.6) is 0 Å². The summed E-state index contributed by atoms with van der Waals surface area (Å²) in [5.74, 6) is 0.543. The first kappa shape index (κ1) is 16.2. The fraction of sp³-hybridized carbons (Fsp3) is 0.214. The van der Waals surface area contributed by atoms with Crippen molar-refractivity contribution in [3.8, 4) is 0 Å². The lowest BCUT2D eigenvalue weighted by Gasteiger charge is -2.32. The Morgan fingerprint density at radius 3 is 2.43 bits per heavy atom. The number of halogens is 1. The molecule has 6 nitrogen and oxygen atoms in total. The number of aromatic nitrogens is 2. The van der Waals surface area contributed by atoms with E-state index < -0.39 is 10.0 Å². The minimum absolute atomic E-state index is 0.0657. The molecule has 9 heteroatoms. The van der Waals surface area contributed by atoms with Gasteiger partial charge in [0.1, 0.15) is 4.90 Å². The molecule has 0 atom stereocenters. The largest absolute Gasteiger partial charge is 0.268 e. The van der Waals surface area contributed by atoms with E-state index in [0.717, 1.165) is 11.4 Å². The number of thioether (sulfide) groups is 1. The molecular formula is C14H13ClN4O2S2. The molecule has 0 saturated carbocycles. The zero-order chi connectivity index (χ0) is 16.6. The second kappa shape index (κ2) is 6.10. The molecule has 2 aromatic rings. The van der Waals surface area contributed by atoms with Crippen LogP contribution in [0.3, 0.4) is 0 Å². The van der Waals surface area contributed by atoms with Gasteiger partial charge in [0.25, 0.3) is 16.0 Å². The molecule has 1 fully saturated rings. The van der Waals surface area contributed by atoms with Gasteiger partial charge in [0.2, 0.25) is 0 Å². The van der Waals surface area contributed by atoms with Gasteiger partial charge < -0.3 is 0 Å². The molecule has 0 bridgehead atoms. The van der Waals surface area contributed by atoms with Crippen molar-refractivity contribution < 1.29 is 8.42 Å². The van der Waals surface area contributed by atoms with Crippen molar-refractivity contribution in [2.24, 2.45) is 4.99 Å². The number of benzene rings is 1. The molecule has 3 rings (SSSR count). The van der Waals surface area contributed by atoms with Crippen LogP contribution in [-0.4, -0.2) is 33.7 Å². The molecule has 0 radical (unpaired) electrons. The highest BCUT2D eigenvalue weighted by Gasteiger charge is 2.36. The van der Waals surface area contributed by atoms with E-state index in [1.807, 2.05) is 19.9 Å². The van der Waals surface area contributed by atoms with E-state index in [1.165, 1.54) is 22.1 Å². The molecule has 0 spiro atoms. The molecule has 1 aliphatic rings. The van der Waals surface area contributed by atoms with E-state index in [-0.39, 0.29) is 21.7 Å². The Hall–Kier alpha value is -1.64. The first-order chi connectivity index (χ1) is 10.9. The Morgan fingerprint density at radius 2 is 1.87 bits per heavy atom. The van der Waals surface area contributed by atoms with Crippen molar-refractivity contribution in [2.45, 2.75) is 18.7 Å². The third kappa shape index (κ3) is 3.19. The summed E-state index contributed by atoms with van der Waals surface area (Å²) in [4.78, 5) is 12.7. The van der Waals surface area contributed by atoms with Crippen LogP contribution in [0.2, 0.25) is 5.02 Å². The lowest BCUT2D eigenvalue weighted by atomic mass is 10.4. The first-order valence-electron chi connectivity index (χ1n) is 6.69. The Kier molecular flexibility index (Phi) is 4.31. The molecule has 1 aliphatic heterocycles. The standard InChI is InChI=1S/C14H13ClN4O2S2/c1-9-7-10(2)17-13(16-9)18-14-19(8-22-14)23(20,21)12-6-4-3-5-11(12)15/h3-7H,8H2,1-2H3. The van der Waals surface area contributed by atoms with Gasteiger partial charge in [-0.05, 0) is 32.0 Å². The van der Waals surface area contributed by atoms with Gasteiger partial charge in [-0.2, -0.15) is 4.99 Å². The topological polar surface area (TPSA) is 75.5 Å². The second-order valence-electron chi connectivity index (χ2n) is 4.90. The Morgan fingerprint density at radius 1 is 1.22 bits per heavy atom. The van der Waals surface area contributed by atoms with Crippen LogP contribution >= 0.6 is 23.4 Å². The summed E-state index contributed by atoms with van der Waals surface area (Å²) in [6, 6.07) is 8.17. The zero-order valence-corrected chi connectivity index (χ0v) is 14.8. The smallest absolute Gasteiger partial charge is 0.233 e. The predicted molar refractivity (Wildman–Crippen MR) is 91.5 cm³/mol. The van der Waals surface area contributed by atoms with Crippen LogP contribution in [0.1, 0.15) is 11.4 Å². The summed E-state index contributed by atoms with van der Waals surface area (Å²) in [7, 11) is -3.73. The van der Waals surface area contributed by atoms with Crippen LogP contribution in [0.25, 0.3) is 0 Å². The molecule has 0 amide bonds. The van der Waals surface area contributed by atoms with Gasteiger partial charge in [-0.25, -0.2) is 22.7 Å². The van der Waals surface area contributed by atoms with E-state index in [9.17, 15) is 8.42 Å². The van der Waals surface area contributed by atoms with Crippen molar-refractivity contribution in [3.63, 3.8) is 0 Å². The highest BCUT2D eigenvalue weighted by molar-refractivity contribution is 8.17. The van der Waals surface area contributed by atoms with Gasteiger partial charge in [-0.15, -0.1) is 0 Å². The van der Waals surface area contributed by atoms with Crippen molar-refractivity contribution in [3.05, 3.63) is 46.7 Å². The highest BCUT2D eigenvalue weighted by Crippen LogP contribution is 2.34. The van der Waals surface area contributed by atoms with Gasteiger partial charge in [-0.3, -0.25) is 0 Å². The average Bonchev–Trinajstić information content (AvgIpc) is 2.42. The summed E-state index contributed by atoms with van der Waals surface area (Å²) in [5, 5.41) is 0.529. The van der Waals surface area contributed by atoms with Crippen molar-refractivity contribution in [1.82, 2.24) is 14.3 Å². The second-order valence-corrected chi connectivity index (χ2v) is 8.05. The van der Waals surface area contributed by atoms with Gasteiger partial charge in [0, 0.05) is 11.4 Å². The number of rotatable bonds is 3. The molecule has 1 saturated heterocycles. The van der Waals surface area contributed by atoms with E-state index in [1.54, 1.807) is 18.2 Å². The summed E-state index contributed by atoms with van der Waals surface area (Å²) in [5.41, 5.74) is 1.56. The fourth-order valence-electron chi connectivity index (χ4n) is 2.05. The van der Waals surface area contributed by atoms with Gasteiger partial charge in [-0.1, -0.05) is 35.5 Å². The Labute approximate surface area is 143 Å². The molecule has 1 aromatic heterocycles. The maximum atomic E-state index is 12.7. The molecule has 23 heavy (non-hydrogen) atoms. The summed E-state index contributed by atoms with van der Waals surface area (Å²) >= 11 is 7.33. The van der Waals surface area contributed by atoms with Crippen LogP contribution in [0.4, 0.5) is 5.95 Å². The molecule has 0 aliphatic carbocycles. The van der Waals surface area contributed by atoms with Crippen LogP contribution in [0, 0.1) is 13.8 Å². The van der Waals surface area contributed by atoms with Crippen LogP contribution < -0.4 is 0 Å². The predicted octanol–water partition coefficient (Wildman–Crippen LogP) is 3.13. The normalized spacial score (nSPS) is 16.5. The zero-order valence-electron chi connectivity index (χ0n) is 12.4. The van der Waals surface area contributed by atoms with Crippen molar-refractivity contribution in [1.29, 1.82) is 0 Å². The summed E-state index contributed by atoms with van der Waals surface area (Å²) in [6.45, 7) is 3.68. The average molecular weight is 369 g/mol. The third-order valence-corrected chi connectivity index (χ3v) is 6.57. The van der Waals surface area contributed by atoms with E-state index in [0.29, 0.717) is 5.17 Å². The van der Waals surface area contributed by atoms with Crippen LogP contribution in [-0.2, 0) is 10.0 Å². The lowest BCUT2D eigenvalue weighted by Crippen LogP contribution is -2.43. The minimum atomic E-state index is -3.73. The van der Waals surface area contributed by atoms with Gasteiger partial charge >= 0.3 is 0 Å². The number of hydrogen-bond donors (Lipinski definition) is 0. The highest BCUT2D eigenvalue weighted by atomic mass is 35.5. The van der Waals surface area contributed by atoms with E-state index in [2.05, 4.69) is 15.0 Å². The minimum Gasteiger partial charge on any atom is -0.233 e. The number of aryl methyl sites for hydroxylation is 2. The maximum absolute atomic E-state index is 12.7. The Bertz CT molecular complexity index is 879. The number of hydrogen-bond acceptors (Lipinski definition) is 6. The number of nitrogens with zero attached hydrogens (tertiary/aromatic N) is 4. The molecule has 2 heterocycles. The van der Waals surface area contributed by atoms with E-state index in [4.69, 9.17) is 11.6 Å². The summed E-state index contributed by atoms with van der Waals surface area (Å²) in [6.07, 6.45) is 0.